The minimum absolute atomic E-state index is 0.0802. The molecule has 3 aromatic heterocycles. The molecule has 0 fully saturated rings. The molecule has 156 valence electrons. The second kappa shape index (κ2) is 7.56. The highest BCUT2D eigenvalue weighted by Crippen LogP contribution is 2.24. The molecular weight excluding hydrogens is 408 g/mol. The van der Waals surface area contributed by atoms with Gasteiger partial charge in [-0.3, -0.25) is 14.4 Å². The maximum atomic E-state index is 13.1. The smallest absolute Gasteiger partial charge is 0.280 e. The number of aromatic nitrogens is 4. The summed E-state index contributed by atoms with van der Waals surface area (Å²) in [7, 11) is 0. The summed E-state index contributed by atoms with van der Waals surface area (Å²) in [5, 5.41) is 7.51. The van der Waals surface area contributed by atoms with E-state index in [1.807, 2.05) is 20.8 Å². The monoisotopic (exact) mass is 428 g/mol. The minimum Gasteiger partial charge on any atom is -0.330 e. The first-order valence-electron chi connectivity index (χ1n) is 9.66. The van der Waals surface area contributed by atoms with Crippen LogP contribution in [-0.4, -0.2) is 41.9 Å². The van der Waals surface area contributed by atoms with Gasteiger partial charge < -0.3 is 14.8 Å². The molecule has 3 aromatic rings. The van der Waals surface area contributed by atoms with Crippen molar-refractivity contribution in [3.05, 3.63) is 56.7 Å². The SMILES string of the molecule is CCc1cc2n(CC(=O)Nc3ccc(Cl)cn3)c3c(c(=O)n2n1)CN(C(C)C)C3=O. The number of nitrogens with one attached hydrogen (secondary N) is 1. The van der Waals surface area contributed by atoms with E-state index < -0.39 is 0 Å². The van der Waals surface area contributed by atoms with Crippen molar-refractivity contribution < 1.29 is 9.59 Å². The lowest BCUT2D eigenvalue weighted by Gasteiger charge is -2.20. The number of aryl methyl sites for hydroxylation is 1. The normalized spacial score (nSPS) is 13.4. The second-order valence-corrected chi connectivity index (χ2v) is 7.85. The highest BCUT2D eigenvalue weighted by molar-refractivity contribution is 6.30. The molecule has 1 aliphatic heterocycles. The maximum Gasteiger partial charge on any atom is 0.280 e. The third-order valence-electron chi connectivity index (χ3n) is 5.10. The summed E-state index contributed by atoms with van der Waals surface area (Å²) in [5.74, 6) is -0.306. The molecule has 30 heavy (non-hydrogen) atoms. The number of nitrogens with zero attached hydrogens (tertiary/aromatic N) is 5. The molecule has 0 saturated carbocycles. The topological polar surface area (TPSA) is 102 Å². The number of amides is 2. The molecule has 4 heterocycles. The van der Waals surface area contributed by atoms with Crippen molar-refractivity contribution in [2.24, 2.45) is 0 Å². The highest BCUT2D eigenvalue weighted by Gasteiger charge is 2.36. The van der Waals surface area contributed by atoms with E-state index in [-0.39, 0.29) is 42.2 Å². The van der Waals surface area contributed by atoms with E-state index in [9.17, 15) is 14.4 Å². The third kappa shape index (κ3) is 3.35. The summed E-state index contributed by atoms with van der Waals surface area (Å²) < 4.78 is 2.85. The molecule has 0 bridgehead atoms. The van der Waals surface area contributed by atoms with Gasteiger partial charge >= 0.3 is 0 Å². The van der Waals surface area contributed by atoms with Crippen LogP contribution in [0.3, 0.4) is 0 Å². The lowest BCUT2D eigenvalue weighted by atomic mass is 10.2. The number of fused-ring (bicyclic) bond motifs is 2. The molecule has 0 unspecified atom stereocenters. The van der Waals surface area contributed by atoms with E-state index in [4.69, 9.17) is 11.6 Å². The molecule has 10 heteroatoms. The molecule has 1 aliphatic rings. The number of carbonyl (C=O) groups excluding carboxylic acids is 2. The molecule has 0 aromatic carbocycles. The van der Waals surface area contributed by atoms with Crippen LogP contribution in [0.15, 0.2) is 29.2 Å². The third-order valence-corrected chi connectivity index (χ3v) is 5.32. The van der Waals surface area contributed by atoms with Crippen LogP contribution in [0.4, 0.5) is 5.82 Å². The fourth-order valence-electron chi connectivity index (χ4n) is 3.56. The van der Waals surface area contributed by atoms with Gasteiger partial charge in [0.2, 0.25) is 5.91 Å². The number of carbonyl (C=O) groups is 2. The molecule has 0 atom stereocenters. The summed E-state index contributed by atoms with van der Waals surface area (Å²) >= 11 is 5.83. The molecule has 1 N–H and O–H groups in total. The van der Waals surface area contributed by atoms with Gasteiger partial charge in [-0.1, -0.05) is 18.5 Å². The van der Waals surface area contributed by atoms with Crippen LogP contribution < -0.4 is 10.9 Å². The van der Waals surface area contributed by atoms with Crippen molar-refractivity contribution in [1.29, 1.82) is 0 Å². The predicted molar refractivity (Wildman–Crippen MR) is 112 cm³/mol. The van der Waals surface area contributed by atoms with Crippen LogP contribution in [0, 0.1) is 0 Å². The zero-order valence-electron chi connectivity index (χ0n) is 16.8. The van der Waals surface area contributed by atoms with Crippen LogP contribution in [0.2, 0.25) is 5.02 Å². The Hall–Kier alpha value is -3.20. The van der Waals surface area contributed by atoms with Crippen molar-refractivity contribution in [2.75, 3.05) is 5.32 Å². The molecule has 0 radical (unpaired) electrons. The van der Waals surface area contributed by atoms with Gasteiger partial charge in [-0.15, -0.1) is 0 Å². The number of hydrogen-bond acceptors (Lipinski definition) is 5. The van der Waals surface area contributed by atoms with E-state index >= 15 is 0 Å². The van der Waals surface area contributed by atoms with Crippen LogP contribution in [0.25, 0.3) is 5.65 Å². The Morgan fingerprint density at radius 3 is 2.70 bits per heavy atom. The molecule has 0 aliphatic carbocycles. The first-order chi connectivity index (χ1) is 14.3. The summed E-state index contributed by atoms with van der Waals surface area (Å²) in [5.41, 5.74) is 1.38. The Morgan fingerprint density at radius 1 is 1.30 bits per heavy atom. The van der Waals surface area contributed by atoms with Gasteiger partial charge in [-0.25, -0.2) is 4.98 Å². The van der Waals surface area contributed by atoms with Gasteiger partial charge in [0, 0.05) is 18.3 Å². The first-order valence-corrected chi connectivity index (χ1v) is 10.0. The van der Waals surface area contributed by atoms with Crippen molar-refractivity contribution >= 4 is 34.9 Å². The quantitative estimate of drug-likeness (QED) is 0.670. The van der Waals surface area contributed by atoms with Crippen LogP contribution >= 0.6 is 11.6 Å². The molecule has 2 amide bonds. The Bertz CT molecular complexity index is 1210. The summed E-state index contributed by atoms with van der Waals surface area (Å²) in [6.45, 7) is 5.73. The molecule has 0 saturated heterocycles. The van der Waals surface area contributed by atoms with E-state index in [1.165, 1.54) is 10.7 Å². The average Bonchev–Trinajstić information content (AvgIpc) is 3.29. The van der Waals surface area contributed by atoms with Gasteiger partial charge in [0.1, 0.15) is 23.7 Å². The standard InChI is InChI=1S/C20H21ClN6O3/c1-4-13-7-17-26(10-16(28)23-15-6-5-12(21)8-22-15)18-14(19(29)27(17)24-13)9-25(11(2)3)20(18)30/h5-8,11H,4,9-10H2,1-3H3,(H,22,23,28). The van der Waals surface area contributed by atoms with Gasteiger partial charge in [0.25, 0.3) is 11.5 Å². The fraction of sp³-hybridized carbons (Fsp3) is 0.350. The van der Waals surface area contributed by atoms with Crippen LogP contribution in [0.5, 0.6) is 0 Å². The zero-order valence-corrected chi connectivity index (χ0v) is 17.6. The van der Waals surface area contributed by atoms with Gasteiger partial charge in [0.15, 0.2) is 0 Å². The van der Waals surface area contributed by atoms with Crippen molar-refractivity contribution in [2.45, 2.75) is 46.3 Å². The van der Waals surface area contributed by atoms with Crippen LogP contribution in [0.1, 0.15) is 42.5 Å². The summed E-state index contributed by atoms with van der Waals surface area (Å²) in [6, 6.07) is 4.86. The Balaban J connectivity index is 1.80. The first kappa shape index (κ1) is 20.1. The Morgan fingerprint density at radius 2 is 2.07 bits per heavy atom. The second-order valence-electron chi connectivity index (χ2n) is 7.41. The van der Waals surface area contributed by atoms with E-state index in [0.29, 0.717) is 34.2 Å². The maximum absolute atomic E-state index is 13.1. The Kier molecular flexibility index (Phi) is 5.07. The summed E-state index contributed by atoms with van der Waals surface area (Å²) in [4.78, 5) is 44.5. The lowest BCUT2D eigenvalue weighted by Crippen LogP contribution is -2.32. The minimum atomic E-state index is -0.382. The molecule has 9 nitrogen and oxygen atoms in total. The molecule has 0 spiro atoms. The number of halogens is 1. The molecular formula is C20H21ClN6O3. The van der Waals surface area contributed by atoms with Crippen LogP contribution in [-0.2, 0) is 24.3 Å². The zero-order chi connectivity index (χ0) is 21.6. The van der Waals surface area contributed by atoms with Gasteiger partial charge in [-0.05, 0) is 32.4 Å². The number of pyridine rings is 1. The highest BCUT2D eigenvalue weighted by atomic mass is 35.5. The van der Waals surface area contributed by atoms with E-state index in [2.05, 4.69) is 15.4 Å². The van der Waals surface area contributed by atoms with E-state index in [0.717, 1.165) is 0 Å². The average molecular weight is 429 g/mol. The number of rotatable bonds is 5. The predicted octanol–water partition coefficient (Wildman–Crippen LogP) is 2.11. The van der Waals surface area contributed by atoms with Crippen molar-refractivity contribution in [1.82, 2.24) is 24.1 Å². The van der Waals surface area contributed by atoms with Gasteiger partial charge in [0.05, 0.1) is 22.8 Å². The number of hydrogen-bond donors (Lipinski definition) is 1. The summed E-state index contributed by atoms with van der Waals surface area (Å²) in [6.07, 6.45) is 2.06. The Labute approximate surface area is 177 Å². The van der Waals surface area contributed by atoms with Crippen molar-refractivity contribution in [3.63, 3.8) is 0 Å². The number of anilines is 1. The van der Waals surface area contributed by atoms with Crippen molar-refractivity contribution in [3.8, 4) is 0 Å². The molecule has 4 rings (SSSR count). The van der Waals surface area contributed by atoms with E-state index in [1.54, 1.807) is 27.7 Å². The fourth-order valence-corrected chi connectivity index (χ4v) is 3.67. The lowest BCUT2D eigenvalue weighted by molar-refractivity contribution is -0.116. The van der Waals surface area contributed by atoms with Gasteiger partial charge in [-0.2, -0.15) is 9.61 Å². The largest absolute Gasteiger partial charge is 0.330 e.